The summed E-state index contributed by atoms with van der Waals surface area (Å²) in [5.74, 6) is -1.44. The summed E-state index contributed by atoms with van der Waals surface area (Å²) in [7, 11) is 0. The lowest BCUT2D eigenvalue weighted by atomic mass is 10.0. The molecule has 6 heteroatoms. The van der Waals surface area contributed by atoms with Crippen molar-refractivity contribution in [1.29, 1.82) is 0 Å². The molecule has 0 heterocycles. The van der Waals surface area contributed by atoms with Crippen molar-refractivity contribution in [2.75, 3.05) is 6.61 Å². The van der Waals surface area contributed by atoms with Crippen LogP contribution >= 0.6 is 0 Å². The number of ether oxygens (including phenoxy) is 1. The summed E-state index contributed by atoms with van der Waals surface area (Å²) in [5.41, 5.74) is -0.544. The van der Waals surface area contributed by atoms with Crippen molar-refractivity contribution in [3.05, 3.63) is 12.2 Å². The lowest BCUT2D eigenvalue weighted by molar-refractivity contribution is -0.515. The Balaban J connectivity index is 3.85. The van der Waals surface area contributed by atoms with Gasteiger partial charge in [-0.2, -0.15) is 4.89 Å². The Morgan fingerprint density at radius 3 is 2.30 bits per heavy atom. The van der Waals surface area contributed by atoms with Crippen molar-refractivity contribution in [3.63, 3.8) is 0 Å². The molecule has 0 saturated heterocycles. The molecule has 0 aliphatic carbocycles. The zero-order chi connectivity index (χ0) is 15.4. The van der Waals surface area contributed by atoms with E-state index < -0.39 is 17.5 Å². The van der Waals surface area contributed by atoms with E-state index in [2.05, 4.69) is 9.93 Å². The molecule has 0 unspecified atom stereocenters. The third-order valence-corrected chi connectivity index (χ3v) is 2.33. The lowest BCUT2D eigenvalue weighted by Gasteiger charge is -2.20. The Bertz CT molecular complexity index is 322. The van der Waals surface area contributed by atoms with Gasteiger partial charge in [0, 0.05) is 12.2 Å². The van der Waals surface area contributed by atoms with E-state index in [1.54, 1.807) is 0 Å². The topological polar surface area (TPSA) is 71.1 Å². The first-order chi connectivity index (χ1) is 9.41. The summed E-state index contributed by atoms with van der Waals surface area (Å²) in [5, 5.41) is 4.39. The molecule has 20 heavy (non-hydrogen) atoms. The van der Waals surface area contributed by atoms with Crippen LogP contribution in [-0.4, -0.2) is 24.1 Å². The fraction of sp³-hybridized carbons (Fsp3) is 0.714. The number of hydrogen-bond donors (Lipinski definition) is 0. The summed E-state index contributed by atoms with van der Waals surface area (Å²) in [4.78, 5) is 31.6. The molecule has 0 spiro atoms. The van der Waals surface area contributed by atoms with Crippen LogP contribution in [0.3, 0.4) is 0 Å². The van der Waals surface area contributed by atoms with Gasteiger partial charge < -0.3 is 4.74 Å². The Morgan fingerprint density at radius 1 is 1.05 bits per heavy atom. The van der Waals surface area contributed by atoms with E-state index in [1.165, 1.54) is 0 Å². The standard InChI is InChI=1S/C14H24O6/c1-5-7-11-17-12(15)8-9-13(16)18-20-19-14(3,4)10-6-2/h8-9H,5-7,10-11H2,1-4H3. The highest BCUT2D eigenvalue weighted by Crippen LogP contribution is 2.16. The van der Waals surface area contributed by atoms with Crippen molar-refractivity contribution < 1.29 is 29.1 Å². The van der Waals surface area contributed by atoms with Crippen molar-refractivity contribution in [3.8, 4) is 0 Å². The minimum absolute atomic E-state index is 0.333. The first-order valence-electron chi connectivity index (χ1n) is 6.82. The highest BCUT2D eigenvalue weighted by atomic mass is 17.5. The Labute approximate surface area is 119 Å². The number of unbranched alkanes of at least 4 members (excludes halogenated alkanes) is 1. The van der Waals surface area contributed by atoms with Crippen LogP contribution in [-0.2, 0) is 29.1 Å². The summed E-state index contributed by atoms with van der Waals surface area (Å²) in [6, 6.07) is 0. The van der Waals surface area contributed by atoms with E-state index in [1.807, 2.05) is 27.7 Å². The van der Waals surface area contributed by atoms with Gasteiger partial charge >= 0.3 is 11.9 Å². The average Bonchev–Trinajstić information content (AvgIpc) is 2.36. The van der Waals surface area contributed by atoms with Gasteiger partial charge in [-0.15, -0.1) is 0 Å². The maximum atomic E-state index is 11.2. The number of carbonyl (C=O) groups excluding carboxylic acids is 2. The minimum atomic E-state index is -0.843. The van der Waals surface area contributed by atoms with E-state index in [4.69, 9.17) is 9.62 Å². The molecule has 0 atom stereocenters. The third-order valence-electron chi connectivity index (χ3n) is 2.33. The van der Waals surface area contributed by atoms with Gasteiger partial charge in [-0.3, -0.25) is 4.89 Å². The molecule has 0 aromatic carbocycles. The van der Waals surface area contributed by atoms with Gasteiger partial charge in [0.15, 0.2) is 0 Å². The van der Waals surface area contributed by atoms with Crippen LogP contribution in [0, 0.1) is 0 Å². The first-order valence-corrected chi connectivity index (χ1v) is 6.82. The normalized spacial score (nSPS) is 11.6. The van der Waals surface area contributed by atoms with Crippen LogP contribution in [0.5, 0.6) is 0 Å². The van der Waals surface area contributed by atoms with Crippen LogP contribution in [0.2, 0.25) is 0 Å². The number of carbonyl (C=O) groups is 2. The van der Waals surface area contributed by atoms with Gasteiger partial charge in [-0.1, -0.05) is 26.7 Å². The smallest absolute Gasteiger partial charge is 0.369 e. The molecule has 0 bridgehead atoms. The van der Waals surface area contributed by atoms with Crippen LogP contribution in [0.4, 0.5) is 0 Å². The Kier molecular flexibility index (Phi) is 9.67. The zero-order valence-corrected chi connectivity index (χ0v) is 12.6. The summed E-state index contributed by atoms with van der Waals surface area (Å²) in [6.45, 7) is 7.94. The molecule has 0 aliphatic rings. The van der Waals surface area contributed by atoms with Crippen LogP contribution < -0.4 is 0 Å². The van der Waals surface area contributed by atoms with Gasteiger partial charge in [0.05, 0.1) is 6.61 Å². The fourth-order valence-corrected chi connectivity index (χ4v) is 1.32. The summed E-state index contributed by atoms with van der Waals surface area (Å²) < 4.78 is 4.82. The van der Waals surface area contributed by atoms with E-state index in [0.717, 1.165) is 37.8 Å². The zero-order valence-electron chi connectivity index (χ0n) is 12.6. The lowest BCUT2D eigenvalue weighted by Crippen LogP contribution is -2.24. The van der Waals surface area contributed by atoms with E-state index in [-0.39, 0.29) is 0 Å². The highest BCUT2D eigenvalue weighted by Gasteiger charge is 2.19. The predicted octanol–water partition coefficient (Wildman–Crippen LogP) is 2.87. The second kappa shape index (κ2) is 10.4. The molecule has 0 amide bonds. The van der Waals surface area contributed by atoms with E-state index in [9.17, 15) is 9.59 Å². The fourth-order valence-electron chi connectivity index (χ4n) is 1.32. The van der Waals surface area contributed by atoms with Crippen molar-refractivity contribution in [2.45, 2.75) is 59.0 Å². The van der Waals surface area contributed by atoms with Gasteiger partial charge in [0.1, 0.15) is 5.60 Å². The first kappa shape index (κ1) is 18.6. The molecule has 0 aliphatic heterocycles. The molecule has 0 fully saturated rings. The Morgan fingerprint density at radius 2 is 1.70 bits per heavy atom. The molecular formula is C14H24O6. The number of hydrogen-bond acceptors (Lipinski definition) is 6. The summed E-state index contributed by atoms with van der Waals surface area (Å²) in [6.07, 6.45) is 5.28. The number of esters is 1. The predicted molar refractivity (Wildman–Crippen MR) is 72.3 cm³/mol. The quantitative estimate of drug-likeness (QED) is 0.202. The monoisotopic (exact) mass is 288 g/mol. The van der Waals surface area contributed by atoms with E-state index in [0.29, 0.717) is 6.61 Å². The van der Waals surface area contributed by atoms with E-state index >= 15 is 0 Å². The van der Waals surface area contributed by atoms with Crippen LogP contribution in [0.15, 0.2) is 12.2 Å². The molecule has 0 N–H and O–H groups in total. The number of rotatable bonds is 10. The van der Waals surface area contributed by atoms with Gasteiger partial charge in [-0.25, -0.2) is 9.59 Å². The highest BCUT2D eigenvalue weighted by molar-refractivity contribution is 5.91. The second-order valence-electron chi connectivity index (χ2n) is 4.92. The second-order valence-corrected chi connectivity index (χ2v) is 4.92. The van der Waals surface area contributed by atoms with Crippen molar-refractivity contribution >= 4 is 11.9 Å². The third kappa shape index (κ3) is 10.5. The largest absolute Gasteiger partial charge is 0.463 e. The van der Waals surface area contributed by atoms with Gasteiger partial charge in [0.25, 0.3) is 0 Å². The maximum absolute atomic E-state index is 11.2. The molecular weight excluding hydrogens is 264 g/mol. The molecule has 0 radical (unpaired) electrons. The molecule has 0 rings (SSSR count). The van der Waals surface area contributed by atoms with Crippen molar-refractivity contribution in [1.82, 2.24) is 0 Å². The molecule has 6 nitrogen and oxygen atoms in total. The average molecular weight is 288 g/mol. The SMILES string of the molecule is CCCCOC(=O)C=CC(=O)OOOC(C)(C)CCC. The minimum Gasteiger partial charge on any atom is -0.463 e. The maximum Gasteiger partial charge on any atom is 0.369 e. The Hall–Kier alpha value is -1.40. The molecule has 0 aromatic rings. The van der Waals surface area contributed by atoms with Crippen molar-refractivity contribution in [2.24, 2.45) is 0 Å². The van der Waals surface area contributed by atoms with Gasteiger partial charge in [0.2, 0.25) is 0 Å². The summed E-state index contributed by atoms with van der Waals surface area (Å²) >= 11 is 0. The molecule has 116 valence electrons. The van der Waals surface area contributed by atoms with Gasteiger partial charge in [-0.05, 0) is 31.7 Å². The van der Waals surface area contributed by atoms with Crippen LogP contribution in [0.25, 0.3) is 0 Å². The van der Waals surface area contributed by atoms with Crippen LogP contribution in [0.1, 0.15) is 53.4 Å². The molecule has 0 aromatic heterocycles. The molecule has 0 saturated carbocycles.